The molecule has 0 amide bonds. The summed E-state index contributed by atoms with van der Waals surface area (Å²) in [5.74, 6) is -1.31. The molecule has 0 fully saturated rings. The molecule has 3 N–H and O–H groups in total. The quantitative estimate of drug-likeness (QED) is 0.686. The molecule has 15 heavy (non-hydrogen) atoms. The van der Waals surface area contributed by atoms with Crippen molar-refractivity contribution in [3.63, 3.8) is 0 Å². The molecule has 0 aromatic heterocycles. The second kappa shape index (κ2) is 3.78. The number of aromatic hydroxyl groups is 1. The number of hydrogen-bond donors (Lipinski definition) is 3. The van der Waals surface area contributed by atoms with E-state index in [0.29, 0.717) is 0 Å². The maximum Gasteiger partial charge on any atom is 0.340 e. The van der Waals surface area contributed by atoms with Crippen LogP contribution in [-0.4, -0.2) is 28.4 Å². The van der Waals surface area contributed by atoms with Crippen molar-refractivity contribution in [1.29, 1.82) is 0 Å². The van der Waals surface area contributed by atoms with Crippen molar-refractivity contribution in [2.45, 2.75) is 12.5 Å². The van der Waals surface area contributed by atoms with Crippen LogP contribution in [0.1, 0.15) is 12.5 Å². The second-order valence-corrected chi connectivity index (χ2v) is 3.26. The lowest BCUT2D eigenvalue weighted by Gasteiger charge is -2.20. The summed E-state index contributed by atoms with van der Waals surface area (Å²) < 4.78 is 4.88. The molecule has 1 atom stereocenters. The van der Waals surface area contributed by atoms with E-state index >= 15 is 0 Å². The molecule has 0 aliphatic rings. The molecule has 0 aliphatic carbocycles. The number of carboxylic acid groups (broad SMARTS) is 1. The monoisotopic (exact) mass is 212 g/mol. The Bertz CT molecular complexity index is 383. The highest BCUT2D eigenvalue weighted by molar-refractivity contribution is 5.79. The number of carboxylic acids is 1. The van der Waals surface area contributed by atoms with Gasteiger partial charge in [-0.25, -0.2) is 4.79 Å². The van der Waals surface area contributed by atoms with Gasteiger partial charge in [-0.05, 0) is 19.1 Å². The van der Waals surface area contributed by atoms with E-state index in [1.165, 1.54) is 25.3 Å². The molecule has 1 aromatic carbocycles. The largest absolute Gasteiger partial charge is 0.508 e. The van der Waals surface area contributed by atoms with Gasteiger partial charge in [0, 0.05) is 11.6 Å². The molecular formula is C10H12O5. The van der Waals surface area contributed by atoms with Gasteiger partial charge in [0.05, 0.1) is 7.11 Å². The number of hydrogen-bond acceptors (Lipinski definition) is 4. The smallest absolute Gasteiger partial charge is 0.340 e. The van der Waals surface area contributed by atoms with Gasteiger partial charge >= 0.3 is 5.97 Å². The molecule has 0 saturated carbocycles. The van der Waals surface area contributed by atoms with Crippen molar-refractivity contribution < 1.29 is 24.9 Å². The summed E-state index contributed by atoms with van der Waals surface area (Å²) in [6.45, 7) is 1.14. The van der Waals surface area contributed by atoms with E-state index < -0.39 is 11.6 Å². The van der Waals surface area contributed by atoms with E-state index in [2.05, 4.69) is 0 Å². The summed E-state index contributed by atoms with van der Waals surface area (Å²) >= 11 is 0. The molecule has 0 radical (unpaired) electrons. The number of rotatable bonds is 3. The first-order chi connectivity index (χ1) is 6.89. The average molecular weight is 212 g/mol. The molecular weight excluding hydrogens is 200 g/mol. The molecule has 0 aliphatic heterocycles. The summed E-state index contributed by atoms with van der Waals surface area (Å²) in [6, 6.07) is 3.84. The fourth-order valence-corrected chi connectivity index (χ4v) is 1.20. The normalized spacial score (nSPS) is 14.3. The van der Waals surface area contributed by atoms with Crippen LogP contribution in [-0.2, 0) is 10.4 Å². The van der Waals surface area contributed by atoms with E-state index in [9.17, 15) is 9.90 Å². The number of methoxy groups -OCH3 is 1. The topological polar surface area (TPSA) is 87.0 Å². The third-order valence-corrected chi connectivity index (χ3v) is 2.13. The molecule has 1 rings (SSSR count). The summed E-state index contributed by atoms with van der Waals surface area (Å²) in [4.78, 5) is 10.8. The van der Waals surface area contributed by atoms with Gasteiger partial charge in [-0.15, -0.1) is 0 Å². The molecule has 0 saturated heterocycles. The number of ether oxygens (including phenoxy) is 1. The van der Waals surface area contributed by atoms with Gasteiger partial charge in [-0.2, -0.15) is 0 Å². The Kier molecular flexibility index (Phi) is 2.85. The van der Waals surface area contributed by atoms with Crippen molar-refractivity contribution in [2.24, 2.45) is 0 Å². The van der Waals surface area contributed by atoms with Crippen LogP contribution in [0.2, 0.25) is 0 Å². The van der Waals surface area contributed by atoms with Gasteiger partial charge in [0.1, 0.15) is 11.5 Å². The van der Waals surface area contributed by atoms with E-state index in [1.807, 2.05) is 0 Å². The van der Waals surface area contributed by atoms with Crippen LogP contribution in [0.4, 0.5) is 0 Å². The average Bonchev–Trinajstić information content (AvgIpc) is 2.16. The zero-order valence-corrected chi connectivity index (χ0v) is 8.39. The van der Waals surface area contributed by atoms with Crippen LogP contribution in [0.5, 0.6) is 11.5 Å². The Morgan fingerprint density at radius 1 is 1.47 bits per heavy atom. The third kappa shape index (κ3) is 2.02. The van der Waals surface area contributed by atoms with E-state index in [-0.39, 0.29) is 17.1 Å². The maximum absolute atomic E-state index is 10.8. The molecule has 0 heterocycles. The fraction of sp³-hybridized carbons (Fsp3) is 0.300. The van der Waals surface area contributed by atoms with Gasteiger partial charge in [0.25, 0.3) is 0 Å². The zero-order chi connectivity index (χ0) is 11.6. The first-order valence-electron chi connectivity index (χ1n) is 4.23. The molecule has 82 valence electrons. The molecule has 0 spiro atoms. The molecule has 5 nitrogen and oxygen atoms in total. The lowest BCUT2D eigenvalue weighted by atomic mass is 9.95. The number of aliphatic hydroxyl groups is 1. The third-order valence-electron chi connectivity index (χ3n) is 2.13. The number of phenolic OH excluding ortho intramolecular Hbond substituents is 1. The van der Waals surface area contributed by atoms with Crippen LogP contribution in [0.3, 0.4) is 0 Å². The fourth-order valence-electron chi connectivity index (χ4n) is 1.20. The number of aliphatic carboxylic acids is 1. The van der Waals surface area contributed by atoms with Crippen LogP contribution in [0, 0.1) is 0 Å². The van der Waals surface area contributed by atoms with Gasteiger partial charge in [-0.1, -0.05) is 0 Å². The van der Waals surface area contributed by atoms with Gasteiger partial charge in [-0.3, -0.25) is 0 Å². The van der Waals surface area contributed by atoms with Crippen LogP contribution in [0.15, 0.2) is 18.2 Å². The SMILES string of the molecule is COc1cc(O)ccc1C(C)(O)C(=O)O. The number of benzene rings is 1. The lowest BCUT2D eigenvalue weighted by Crippen LogP contribution is -2.32. The predicted molar refractivity (Wildman–Crippen MR) is 51.9 cm³/mol. The molecule has 0 bridgehead atoms. The highest BCUT2D eigenvalue weighted by Crippen LogP contribution is 2.32. The Hall–Kier alpha value is -1.75. The van der Waals surface area contributed by atoms with Gasteiger partial charge in [0.15, 0.2) is 5.60 Å². The molecule has 1 aromatic rings. The van der Waals surface area contributed by atoms with Crippen molar-refractivity contribution in [3.8, 4) is 11.5 Å². The minimum Gasteiger partial charge on any atom is -0.508 e. The van der Waals surface area contributed by atoms with Gasteiger partial charge < -0.3 is 20.1 Å². The van der Waals surface area contributed by atoms with Crippen molar-refractivity contribution in [2.75, 3.05) is 7.11 Å². The minimum atomic E-state index is -2.04. The van der Waals surface area contributed by atoms with Crippen LogP contribution in [0.25, 0.3) is 0 Å². The van der Waals surface area contributed by atoms with Crippen molar-refractivity contribution in [1.82, 2.24) is 0 Å². The van der Waals surface area contributed by atoms with Crippen LogP contribution >= 0.6 is 0 Å². The summed E-state index contributed by atoms with van der Waals surface area (Å²) in [7, 11) is 1.33. The predicted octanol–water partition coefficient (Wildman–Crippen LogP) is 0.693. The number of phenols is 1. The molecule has 1 unspecified atom stereocenters. The minimum absolute atomic E-state index is 0.0585. The summed E-state index contributed by atoms with van der Waals surface area (Å²) in [5, 5.41) is 27.7. The van der Waals surface area contributed by atoms with Gasteiger partial charge in [0.2, 0.25) is 0 Å². The first kappa shape index (κ1) is 11.3. The van der Waals surface area contributed by atoms with E-state index in [1.54, 1.807) is 0 Å². The Morgan fingerprint density at radius 2 is 2.07 bits per heavy atom. The van der Waals surface area contributed by atoms with Crippen LogP contribution < -0.4 is 4.74 Å². The number of carbonyl (C=O) groups is 1. The zero-order valence-electron chi connectivity index (χ0n) is 8.39. The second-order valence-electron chi connectivity index (χ2n) is 3.26. The first-order valence-corrected chi connectivity index (χ1v) is 4.23. The summed E-state index contributed by atoms with van der Waals surface area (Å²) in [6.07, 6.45) is 0. The highest BCUT2D eigenvalue weighted by atomic mass is 16.5. The Balaban J connectivity index is 3.31. The van der Waals surface area contributed by atoms with E-state index in [4.69, 9.17) is 14.9 Å². The highest BCUT2D eigenvalue weighted by Gasteiger charge is 2.35. The van der Waals surface area contributed by atoms with Crippen molar-refractivity contribution >= 4 is 5.97 Å². The maximum atomic E-state index is 10.8. The van der Waals surface area contributed by atoms with Crippen molar-refractivity contribution in [3.05, 3.63) is 23.8 Å². The Morgan fingerprint density at radius 3 is 2.53 bits per heavy atom. The Labute approximate surface area is 86.5 Å². The summed E-state index contributed by atoms with van der Waals surface area (Å²) in [5.41, 5.74) is -1.95. The molecule has 5 heteroatoms. The lowest BCUT2D eigenvalue weighted by molar-refractivity contribution is -0.157. The standard InChI is InChI=1S/C10H12O5/c1-10(14,9(12)13)7-4-3-6(11)5-8(7)15-2/h3-5,11,14H,1-2H3,(H,12,13). The van der Waals surface area contributed by atoms with E-state index in [0.717, 1.165) is 6.92 Å².